The molecule has 2 aromatic carbocycles. The highest BCUT2D eigenvalue weighted by molar-refractivity contribution is 6.04. The van der Waals surface area contributed by atoms with Crippen molar-refractivity contribution in [3.8, 4) is 11.3 Å². The maximum atomic E-state index is 13.5. The number of pyridine rings is 1. The molecule has 0 bridgehead atoms. The van der Waals surface area contributed by atoms with Crippen molar-refractivity contribution in [2.45, 2.75) is 13.8 Å². The van der Waals surface area contributed by atoms with Crippen molar-refractivity contribution in [2.24, 2.45) is 0 Å². The third-order valence-corrected chi connectivity index (χ3v) is 3.77. The van der Waals surface area contributed by atoms with Gasteiger partial charge in [0.2, 0.25) is 0 Å². The molecule has 0 spiro atoms. The van der Waals surface area contributed by atoms with Gasteiger partial charge in [-0.1, -0.05) is 29.8 Å². The molecule has 0 atom stereocenters. The zero-order chi connectivity index (χ0) is 17.1. The number of hydrogen-bond acceptors (Lipinski definition) is 2. The summed E-state index contributed by atoms with van der Waals surface area (Å²) in [4.78, 5) is 16.6. The lowest BCUT2D eigenvalue weighted by molar-refractivity contribution is 0.102. The van der Waals surface area contributed by atoms with Crippen LogP contribution in [0.1, 0.15) is 21.5 Å². The molecule has 3 rings (SSSR count). The fraction of sp³-hybridized carbons (Fsp3) is 0.100. The van der Waals surface area contributed by atoms with Gasteiger partial charge < -0.3 is 5.32 Å². The van der Waals surface area contributed by atoms with Gasteiger partial charge >= 0.3 is 0 Å². The van der Waals surface area contributed by atoms with Gasteiger partial charge in [-0.25, -0.2) is 4.39 Å². The molecular weight excluding hydrogens is 303 g/mol. The van der Waals surface area contributed by atoms with Crippen LogP contribution in [-0.2, 0) is 0 Å². The lowest BCUT2D eigenvalue weighted by Gasteiger charge is -2.07. The molecule has 0 saturated carbocycles. The Morgan fingerprint density at radius 2 is 1.88 bits per heavy atom. The molecule has 0 saturated heterocycles. The van der Waals surface area contributed by atoms with Crippen molar-refractivity contribution in [3.63, 3.8) is 0 Å². The first-order chi connectivity index (χ1) is 11.5. The van der Waals surface area contributed by atoms with E-state index in [1.165, 1.54) is 12.3 Å². The van der Waals surface area contributed by atoms with Crippen molar-refractivity contribution in [1.82, 2.24) is 4.98 Å². The van der Waals surface area contributed by atoms with E-state index in [9.17, 15) is 9.18 Å². The molecule has 0 radical (unpaired) electrons. The summed E-state index contributed by atoms with van der Waals surface area (Å²) < 4.78 is 13.5. The highest BCUT2D eigenvalue weighted by Crippen LogP contribution is 2.19. The number of benzene rings is 2. The second-order valence-electron chi connectivity index (χ2n) is 5.72. The predicted octanol–water partition coefficient (Wildman–Crippen LogP) is 4.76. The fourth-order valence-electron chi connectivity index (χ4n) is 2.38. The molecular formula is C20H17FN2O. The van der Waals surface area contributed by atoms with Crippen LogP contribution >= 0.6 is 0 Å². The molecule has 3 nitrogen and oxygen atoms in total. The van der Waals surface area contributed by atoms with Crippen LogP contribution in [0, 0.1) is 19.7 Å². The summed E-state index contributed by atoms with van der Waals surface area (Å²) in [7, 11) is 0. The number of carbonyl (C=O) groups is 1. The fourth-order valence-corrected chi connectivity index (χ4v) is 2.38. The number of aryl methyl sites for hydroxylation is 2. The van der Waals surface area contributed by atoms with Gasteiger partial charge in [0, 0.05) is 17.4 Å². The quantitative estimate of drug-likeness (QED) is 0.756. The Morgan fingerprint density at radius 1 is 1.04 bits per heavy atom. The average molecular weight is 320 g/mol. The van der Waals surface area contributed by atoms with E-state index in [2.05, 4.69) is 10.3 Å². The van der Waals surface area contributed by atoms with Crippen molar-refractivity contribution < 1.29 is 9.18 Å². The molecule has 0 fully saturated rings. The third kappa shape index (κ3) is 3.49. The molecule has 0 aliphatic carbocycles. The molecule has 0 aliphatic heterocycles. The number of rotatable bonds is 3. The Bertz CT molecular complexity index is 888. The van der Waals surface area contributed by atoms with Crippen molar-refractivity contribution in [2.75, 3.05) is 5.32 Å². The van der Waals surface area contributed by atoms with E-state index in [0.717, 1.165) is 16.8 Å². The first-order valence-electron chi connectivity index (χ1n) is 7.63. The van der Waals surface area contributed by atoms with Crippen LogP contribution in [0.15, 0.2) is 60.8 Å². The molecule has 0 aliphatic rings. The minimum atomic E-state index is -0.347. The summed E-state index contributed by atoms with van der Waals surface area (Å²) in [6.07, 6.45) is 1.53. The number of carbonyl (C=O) groups excluding carboxylic acids is 1. The molecule has 1 aromatic heterocycles. The monoisotopic (exact) mass is 320 g/mol. The van der Waals surface area contributed by atoms with Crippen molar-refractivity contribution in [1.29, 1.82) is 0 Å². The maximum Gasteiger partial charge on any atom is 0.257 e. The number of aromatic nitrogens is 1. The molecule has 1 N–H and O–H groups in total. The van der Waals surface area contributed by atoms with E-state index in [4.69, 9.17) is 0 Å². The Labute approximate surface area is 140 Å². The topological polar surface area (TPSA) is 42.0 Å². The number of halogens is 1. The van der Waals surface area contributed by atoms with Gasteiger partial charge in [-0.2, -0.15) is 0 Å². The van der Waals surface area contributed by atoms with Crippen molar-refractivity contribution in [3.05, 3.63) is 83.3 Å². The summed E-state index contributed by atoms with van der Waals surface area (Å²) >= 11 is 0. The Balaban J connectivity index is 1.77. The van der Waals surface area contributed by atoms with Crippen molar-refractivity contribution >= 4 is 11.6 Å². The van der Waals surface area contributed by atoms with Gasteiger partial charge in [-0.15, -0.1) is 0 Å². The molecule has 4 heteroatoms. The van der Waals surface area contributed by atoms with Crippen LogP contribution in [0.3, 0.4) is 0 Å². The number of nitrogens with one attached hydrogen (secondary N) is 1. The molecule has 1 amide bonds. The Hall–Kier alpha value is -3.01. The lowest BCUT2D eigenvalue weighted by atomic mass is 10.1. The normalized spacial score (nSPS) is 10.5. The van der Waals surface area contributed by atoms with E-state index in [1.807, 2.05) is 31.2 Å². The average Bonchev–Trinajstić information content (AvgIpc) is 2.58. The SMILES string of the molecule is Cc1cccc(-c2ccc(C(=O)Nc3ccc(C)c(F)c3)cn2)c1. The maximum absolute atomic E-state index is 13.5. The van der Waals surface area contributed by atoms with Gasteiger partial charge in [0.25, 0.3) is 5.91 Å². The molecule has 0 unspecified atom stereocenters. The van der Waals surface area contributed by atoms with Crippen LogP contribution in [0.2, 0.25) is 0 Å². The smallest absolute Gasteiger partial charge is 0.257 e. The summed E-state index contributed by atoms with van der Waals surface area (Å²) in [6.45, 7) is 3.70. The lowest BCUT2D eigenvalue weighted by Crippen LogP contribution is -2.12. The summed E-state index contributed by atoms with van der Waals surface area (Å²) in [5.74, 6) is -0.665. The van der Waals surface area contributed by atoms with Gasteiger partial charge in [-0.3, -0.25) is 9.78 Å². The van der Waals surface area contributed by atoms with E-state index < -0.39 is 0 Å². The van der Waals surface area contributed by atoms with Gasteiger partial charge in [0.1, 0.15) is 5.82 Å². The molecule has 3 aromatic rings. The van der Waals surface area contributed by atoms with E-state index in [0.29, 0.717) is 16.8 Å². The predicted molar refractivity (Wildman–Crippen MR) is 93.5 cm³/mol. The second-order valence-corrected chi connectivity index (χ2v) is 5.72. The van der Waals surface area contributed by atoms with E-state index in [1.54, 1.807) is 31.2 Å². The van der Waals surface area contributed by atoms with Crippen LogP contribution in [-0.4, -0.2) is 10.9 Å². The van der Waals surface area contributed by atoms with Crippen LogP contribution < -0.4 is 5.32 Å². The third-order valence-electron chi connectivity index (χ3n) is 3.77. The van der Waals surface area contributed by atoms with Gasteiger partial charge in [0.05, 0.1) is 11.3 Å². The molecule has 24 heavy (non-hydrogen) atoms. The zero-order valence-electron chi connectivity index (χ0n) is 13.5. The van der Waals surface area contributed by atoms with Crippen LogP contribution in [0.4, 0.5) is 10.1 Å². The largest absolute Gasteiger partial charge is 0.322 e. The van der Waals surface area contributed by atoms with Crippen LogP contribution in [0.5, 0.6) is 0 Å². The highest BCUT2D eigenvalue weighted by Gasteiger charge is 2.09. The Morgan fingerprint density at radius 3 is 2.54 bits per heavy atom. The van der Waals surface area contributed by atoms with Gasteiger partial charge in [-0.05, 0) is 49.7 Å². The van der Waals surface area contributed by atoms with E-state index >= 15 is 0 Å². The highest BCUT2D eigenvalue weighted by atomic mass is 19.1. The molecule has 1 heterocycles. The second kappa shape index (κ2) is 6.62. The zero-order valence-corrected chi connectivity index (χ0v) is 13.5. The first kappa shape index (κ1) is 15.9. The number of nitrogens with zero attached hydrogens (tertiary/aromatic N) is 1. The summed E-state index contributed by atoms with van der Waals surface area (Å²) in [5, 5.41) is 2.68. The minimum Gasteiger partial charge on any atom is -0.322 e. The first-order valence-corrected chi connectivity index (χ1v) is 7.63. The Kier molecular flexibility index (Phi) is 4.38. The number of amides is 1. The standard InChI is InChI=1S/C20H17FN2O/c1-13-4-3-5-15(10-13)19-9-7-16(12-22-19)20(24)23-17-8-6-14(2)18(21)11-17/h3-12H,1-2H3,(H,23,24). The number of anilines is 1. The number of hydrogen-bond donors (Lipinski definition) is 1. The van der Waals surface area contributed by atoms with Crippen LogP contribution in [0.25, 0.3) is 11.3 Å². The van der Waals surface area contributed by atoms with Gasteiger partial charge in [0.15, 0.2) is 0 Å². The summed E-state index contributed by atoms with van der Waals surface area (Å²) in [5.41, 5.74) is 4.34. The molecule has 120 valence electrons. The van der Waals surface area contributed by atoms with E-state index in [-0.39, 0.29) is 11.7 Å². The summed E-state index contributed by atoms with van der Waals surface area (Å²) in [6, 6.07) is 16.1. The minimum absolute atomic E-state index is 0.318.